The first-order valence-corrected chi connectivity index (χ1v) is 6.20. The third-order valence-electron chi connectivity index (χ3n) is 2.76. The van der Waals surface area contributed by atoms with Gasteiger partial charge < -0.3 is 10.0 Å². The second kappa shape index (κ2) is 4.53. The van der Waals surface area contributed by atoms with Crippen molar-refractivity contribution in [1.82, 2.24) is 20.2 Å². The van der Waals surface area contributed by atoms with E-state index < -0.39 is 5.60 Å². The fraction of sp³-hybridized carbons (Fsp3) is 0.583. The average molecular weight is 249 g/mol. The van der Waals surface area contributed by atoms with E-state index in [4.69, 9.17) is 0 Å². The van der Waals surface area contributed by atoms with Crippen LogP contribution in [0.3, 0.4) is 0 Å². The molecule has 1 aliphatic rings. The van der Waals surface area contributed by atoms with Gasteiger partial charge in [0.2, 0.25) is 0 Å². The Kier molecular flexibility index (Phi) is 3.21. The lowest BCUT2D eigenvalue weighted by Gasteiger charge is -2.45. The monoisotopic (exact) mass is 249 g/mol. The van der Waals surface area contributed by atoms with Crippen molar-refractivity contribution in [1.29, 1.82) is 0 Å². The van der Waals surface area contributed by atoms with Gasteiger partial charge in [0, 0.05) is 13.1 Å². The Hall–Kier alpha value is -1.69. The summed E-state index contributed by atoms with van der Waals surface area (Å²) in [5.74, 6) is 1.56. The van der Waals surface area contributed by atoms with Crippen LogP contribution in [0.25, 0.3) is 11.0 Å². The SMILES string of the molecule is CC.Cc1nc(N2CC(C)(O)C2)c2cn[nH]c2n1. The molecule has 2 aromatic rings. The summed E-state index contributed by atoms with van der Waals surface area (Å²) in [6.07, 6.45) is 1.72. The van der Waals surface area contributed by atoms with Gasteiger partial charge in [-0.15, -0.1) is 0 Å². The summed E-state index contributed by atoms with van der Waals surface area (Å²) < 4.78 is 0. The number of nitrogens with zero attached hydrogens (tertiary/aromatic N) is 4. The second-order valence-electron chi connectivity index (χ2n) is 4.58. The maximum absolute atomic E-state index is 9.73. The second-order valence-corrected chi connectivity index (χ2v) is 4.58. The fourth-order valence-corrected chi connectivity index (χ4v) is 2.10. The highest BCUT2D eigenvalue weighted by Gasteiger charge is 2.38. The molecule has 0 aliphatic carbocycles. The Morgan fingerprint density at radius 2 is 2.00 bits per heavy atom. The van der Waals surface area contributed by atoms with Crippen molar-refractivity contribution in [3.8, 4) is 0 Å². The Labute approximate surface area is 106 Å². The minimum atomic E-state index is -0.602. The Bertz CT molecular complexity index is 540. The quantitative estimate of drug-likeness (QED) is 0.795. The van der Waals surface area contributed by atoms with Gasteiger partial charge >= 0.3 is 0 Å². The van der Waals surface area contributed by atoms with Gasteiger partial charge in [0.25, 0.3) is 0 Å². The summed E-state index contributed by atoms with van der Waals surface area (Å²) in [6.45, 7) is 8.87. The van der Waals surface area contributed by atoms with E-state index in [9.17, 15) is 5.11 Å². The van der Waals surface area contributed by atoms with Crippen molar-refractivity contribution in [2.45, 2.75) is 33.3 Å². The third kappa shape index (κ3) is 2.15. The molecular weight excluding hydrogens is 230 g/mol. The zero-order chi connectivity index (χ0) is 13.3. The molecule has 0 saturated carbocycles. The van der Waals surface area contributed by atoms with Gasteiger partial charge in [-0.3, -0.25) is 5.10 Å². The third-order valence-corrected chi connectivity index (χ3v) is 2.76. The van der Waals surface area contributed by atoms with Crippen LogP contribution in [0.5, 0.6) is 0 Å². The average Bonchev–Trinajstić information content (AvgIpc) is 2.75. The molecule has 0 atom stereocenters. The predicted molar refractivity (Wildman–Crippen MR) is 70.6 cm³/mol. The van der Waals surface area contributed by atoms with Gasteiger partial charge in [-0.2, -0.15) is 5.10 Å². The Morgan fingerprint density at radius 3 is 2.61 bits per heavy atom. The van der Waals surface area contributed by atoms with E-state index in [1.54, 1.807) is 6.20 Å². The number of aliphatic hydroxyl groups is 1. The van der Waals surface area contributed by atoms with Gasteiger partial charge in [-0.05, 0) is 13.8 Å². The first kappa shape index (κ1) is 12.8. The number of anilines is 1. The van der Waals surface area contributed by atoms with E-state index in [0.717, 1.165) is 16.9 Å². The molecule has 2 N–H and O–H groups in total. The van der Waals surface area contributed by atoms with E-state index >= 15 is 0 Å². The normalized spacial score (nSPS) is 17.1. The summed E-state index contributed by atoms with van der Waals surface area (Å²) in [7, 11) is 0. The highest BCUT2D eigenvalue weighted by molar-refractivity contribution is 5.87. The Balaban J connectivity index is 0.000000574. The molecule has 1 saturated heterocycles. The number of nitrogens with one attached hydrogen (secondary N) is 1. The molecule has 6 nitrogen and oxygen atoms in total. The minimum Gasteiger partial charge on any atom is -0.386 e. The Morgan fingerprint density at radius 1 is 1.33 bits per heavy atom. The van der Waals surface area contributed by atoms with Crippen LogP contribution in [-0.4, -0.2) is 44.0 Å². The fourth-order valence-electron chi connectivity index (χ4n) is 2.10. The largest absolute Gasteiger partial charge is 0.386 e. The number of rotatable bonds is 1. The van der Waals surface area contributed by atoms with E-state index in [0.29, 0.717) is 18.9 Å². The summed E-state index contributed by atoms with van der Waals surface area (Å²) in [6, 6.07) is 0. The molecule has 0 aromatic carbocycles. The molecule has 0 bridgehead atoms. The van der Waals surface area contributed by atoms with Crippen molar-refractivity contribution < 1.29 is 5.11 Å². The lowest BCUT2D eigenvalue weighted by Crippen LogP contribution is -2.60. The van der Waals surface area contributed by atoms with Crippen LogP contribution in [0.2, 0.25) is 0 Å². The summed E-state index contributed by atoms with van der Waals surface area (Å²) in [5, 5.41) is 17.4. The maximum Gasteiger partial charge on any atom is 0.161 e. The topological polar surface area (TPSA) is 77.9 Å². The predicted octanol–water partition coefficient (Wildman–Crippen LogP) is 1.26. The number of H-pyrrole nitrogens is 1. The van der Waals surface area contributed by atoms with Gasteiger partial charge in [0.05, 0.1) is 17.2 Å². The molecule has 1 aliphatic heterocycles. The van der Waals surface area contributed by atoms with E-state index in [1.165, 1.54) is 0 Å². The van der Waals surface area contributed by atoms with Crippen LogP contribution in [0.15, 0.2) is 6.20 Å². The molecule has 0 amide bonds. The smallest absolute Gasteiger partial charge is 0.161 e. The molecule has 3 heterocycles. The number of β-amino-alcohol motifs (C(OH)–C–C–N with tert-alkyl or cyclic N) is 1. The molecule has 1 fully saturated rings. The highest BCUT2D eigenvalue weighted by Crippen LogP contribution is 2.30. The van der Waals surface area contributed by atoms with E-state index in [1.807, 2.05) is 32.6 Å². The molecule has 18 heavy (non-hydrogen) atoms. The number of aromatic amines is 1. The van der Waals surface area contributed by atoms with Gasteiger partial charge in [0.15, 0.2) is 5.65 Å². The van der Waals surface area contributed by atoms with Crippen molar-refractivity contribution in [2.75, 3.05) is 18.0 Å². The molecule has 3 rings (SSSR count). The minimum absolute atomic E-state index is 0.601. The van der Waals surface area contributed by atoms with E-state index in [-0.39, 0.29) is 0 Å². The van der Waals surface area contributed by atoms with Crippen LogP contribution in [-0.2, 0) is 0 Å². The number of hydrogen-bond acceptors (Lipinski definition) is 5. The van der Waals surface area contributed by atoms with Crippen molar-refractivity contribution in [3.63, 3.8) is 0 Å². The molecule has 98 valence electrons. The lowest BCUT2D eigenvalue weighted by molar-refractivity contribution is 0.0307. The summed E-state index contributed by atoms with van der Waals surface area (Å²) >= 11 is 0. The van der Waals surface area contributed by atoms with Gasteiger partial charge in [-0.1, -0.05) is 13.8 Å². The first-order valence-electron chi connectivity index (χ1n) is 6.20. The number of hydrogen-bond donors (Lipinski definition) is 2. The molecular formula is C12H19N5O. The summed E-state index contributed by atoms with van der Waals surface area (Å²) in [4.78, 5) is 10.7. The highest BCUT2D eigenvalue weighted by atomic mass is 16.3. The molecule has 0 spiro atoms. The van der Waals surface area contributed by atoms with Crippen molar-refractivity contribution in [2.24, 2.45) is 0 Å². The van der Waals surface area contributed by atoms with Crippen LogP contribution in [0.4, 0.5) is 5.82 Å². The van der Waals surface area contributed by atoms with Gasteiger partial charge in [-0.25, -0.2) is 9.97 Å². The lowest BCUT2D eigenvalue weighted by atomic mass is 9.97. The molecule has 0 unspecified atom stereocenters. The number of aryl methyl sites for hydroxylation is 1. The van der Waals surface area contributed by atoms with Crippen LogP contribution < -0.4 is 4.90 Å². The standard InChI is InChI=1S/C10H13N5O.C2H6/c1-6-12-8-7(3-11-14-8)9(13-6)15-4-10(2,16)5-15;1-2/h3,16H,4-5H2,1-2H3,(H,11,12,13,14);1-2H3. The van der Waals surface area contributed by atoms with E-state index in [2.05, 4.69) is 20.2 Å². The zero-order valence-corrected chi connectivity index (χ0v) is 11.2. The maximum atomic E-state index is 9.73. The first-order chi connectivity index (χ1) is 8.55. The van der Waals surface area contributed by atoms with Gasteiger partial charge in [0.1, 0.15) is 11.6 Å². The summed E-state index contributed by atoms with van der Waals surface area (Å²) in [5.41, 5.74) is 0.142. The number of aromatic nitrogens is 4. The van der Waals surface area contributed by atoms with Crippen LogP contribution in [0, 0.1) is 6.92 Å². The molecule has 0 radical (unpaired) electrons. The molecule has 6 heteroatoms. The zero-order valence-electron chi connectivity index (χ0n) is 11.2. The number of fused-ring (bicyclic) bond motifs is 1. The van der Waals surface area contributed by atoms with Crippen LogP contribution >= 0.6 is 0 Å². The van der Waals surface area contributed by atoms with Crippen molar-refractivity contribution >= 4 is 16.9 Å². The molecule has 2 aromatic heterocycles. The van der Waals surface area contributed by atoms with Crippen molar-refractivity contribution in [3.05, 3.63) is 12.0 Å². The van der Waals surface area contributed by atoms with Crippen LogP contribution in [0.1, 0.15) is 26.6 Å².